The third-order valence-corrected chi connectivity index (χ3v) is 4.04. The minimum atomic E-state index is -0.194. The summed E-state index contributed by atoms with van der Waals surface area (Å²) in [5.41, 5.74) is 2.85. The lowest BCUT2D eigenvalue weighted by atomic mass is 10.1. The Balaban J connectivity index is 1.84. The van der Waals surface area contributed by atoms with Crippen LogP contribution in [0.15, 0.2) is 54.7 Å². The van der Waals surface area contributed by atoms with Crippen LogP contribution in [0.1, 0.15) is 17.3 Å². The SMILES string of the molecule is COCCn1ccc2c(C(=O)Nc3cccc(NC(C)=O)c3)cccc21. The molecule has 26 heavy (non-hydrogen) atoms. The normalized spacial score (nSPS) is 10.7. The van der Waals surface area contributed by atoms with Crippen LogP contribution in [0.4, 0.5) is 11.4 Å². The van der Waals surface area contributed by atoms with Crippen molar-refractivity contribution in [2.75, 3.05) is 24.4 Å². The summed E-state index contributed by atoms with van der Waals surface area (Å²) in [5, 5.41) is 6.49. The molecule has 3 rings (SSSR count). The summed E-state index contributed by atoms with van der Waals surface area (Å²) < 4.78 is 7.19. The Labute approximate surface area is 151 Å². The number of amides is 2. The topological polar surface area (TPSA) is 72.4 Å². The number of ether oxygens (including phenoxy) is 1. The Morgan fingerprint density at radius 1 is 1.04 bits per heavy atom. The molecule has 0 bridgehead atoms. The molecule has 0 saturated carbocycles. The van der Waals surface area contributed by atoms with Crippen LogP contribution in [0.2, 0.25) is 0 Å². The summed E-state index contributed by atoms with van der Waals surface area (Å²) in [6.07, 6.45) is 1.96. The minimum absolute atomic E-state index is 0.157. The van der Waals surface area contributed by atoms with Crippen molar-refractivity contribution < 1.29 is 14.3 Å². The third kappa shape index (κ3) is 3.92. The van der Waals surface area contributed by atoms with Crippen molar-refractivity contribution in [2.45, 2.75) is 13.5 Å². The Morgan fingerprint density at radius 3 is 2.50 bits per heavy atom. The molecule has 3 aromatic rings. The van der Waals surface area contributed by atoms with Crippen LogP contribution in [-0.4, -0.2) is 30.1 Å². The molecule has 1 aromatic heterocycles. The highest BCUT2D eigenvalue weighted by molar-refractivity contribution is 6.12. The van der Waals surface area contributed by atoms with Crippen molar-refractivity contribution in [1.82, 2.24) is 4.57 Å². The number of nitrogens with one attached hydrogen (secondary N) is 2. The van der Waals surface area contributed by atoms with E-state index < -0.39 is 0 Å². The van der Waals surface area contributed by atoms with Crippen LogP contribution >= 0.6 is 0 Å². The highest BCUT2D eigenvalue weighted by Gasteiger charge is 2.13. The summed E-state index contributed by atoms with van der Waals surface area (Å²) >= 11 is 0. The van der Waals surface area contributed by atoms with Crippen molar-refractivity contribution in [3.63, 3.8) is 0 Å². The molecule has 134 valence electrons. The van der Waals surface area contributed by atoms with Gasteiger partial charge in [0, 0.05) is 54.6 Å². The minimum Gasteiger partial charge on any atom is -0.383 e. The summed E-state index contributed by atoms with van der Waals surface area (Å²) in [6.45, 7) is 2.78. The number of carbonyl (C=O) groups excluding carboxylic acids is 2. The highest BCUT2D eigenvalue weighted by atomic mass is 16.5. The molecule has 0 aliphatic rings. The maximum absolute atomic E-state index is 12.8. The van der Waals surface area contributed by atoms with Crippen molar-refractivity contribution in [3.05, 3.63) is 60.3 Å². The van der Waals surface area contributed by atoms with Gasteiger partial charge in [0.25, 0.3) is 5.91 Å². The van der Waals surface area contributed by atoms with Gasteiger partial charge >= 0.3 is 0 Å². The number of anilines is 2. The van der Waals surface area contributed by atoms with E-state index in [1.54, 1.807) is 37.4 Å². The van der Waals surface area contributed by atoms with E-state index in [-0.39, 0.29) is 11.8 Å². The Bertz CT molecular complexity index is 946. The average molecular weight is 351 g/mol. The molecule has 0 unspecified atom stereocenters. The first-order chi connectivity index (χ1) is 12.6. The van der Waals surface area contributed by atoms with Gasteiger partial charge in [-0.25, -0.2) is 0 Å². The lowest BCUT2D eigenvalue weighted by molar-refractivity contribution is -0.114. The van der Waals surface area contributed by atoms with Gasteiger partial charge in [0.1, 0.15) is 0 Å². The molecule has 0 radical (unpaired) electrons. The molecule has 6 nitrogen and oxygen atoms in total. The lowest BCUT2D eigenvalue weighted by Crippen LogP contribution is -2.13. The van der Waals surface area contributed by atoms with E-state index in [4.69, 9.17) is 4.74 Å². The third-order valence-electron chi connectivity index (χ3n) is 4.04. The van der Waals surface area contributed by atoms with Gasteiger partial charge in [-0.2, -0.15) is 0 Å². The lowest BCUT2D eigenvalue weighted by Gasteiger charge is -2.09. The van der Waals surface area contributed by atoms with Gasteiger partial charge in [-0.1, -0.05) is 12.1 Å². The molecular formula is C20H21N3O3. The summed E-state index contributed by atoms with van der Waals surface area (Å²) in [4.78, 5) is 23.9. The molecular weight excluding hydrogens is 330 g/mol. The Kier molecular flexibility index (Phi) is 5.34. The van der Waals surface area contributed by atoms with Gasteiger partial charge in [0.2, 0.25) is 5.91 Å². The monoisotopic (exact) mass is 351 g/mol. The molecule has 0 aliphatic heterocycles. The fourth-order valence-corrected chi connectivity index (χ4v) is 2.88. The number of fused-ring (bicyclic) bond motifs is 1. The van der Waals surface area contributed by atoms with Crippen molar-refractivity contribution >= 4 is 34.1 Å². The number of hydrogen-bond donors (Lipinski definition) is 2. The molecule has 6 heteroatoms. The molecule has 0 atom stereocenters. The number of aromatic nitrogens is 1. The van der Waals surface area contributed by atoms with Crippen LogP contribution in [0.25, 0.3) is 10.9 Å². The molecule has 0 saturated heterocycles. The van der Waals surface area contributed by atoms with E-state index in [1.165, 1.54) is 6.92 Å². The van der Waals surface area contributed by atoms with Gasteiger partial charge in [-0.15, -0.1) is 0 Å². The van der Waals surface area contributed by atoms with E-state index in [0.717, 1.165) is 17.4 Å². The smallest absolute Gasteiger partial charge is 0.256 e. The summed E-state index contributed by atoms with van der Waals surface area (Å²) in [5.74, 6) is -0.351. The maximum atomic E-state index is 12.8. The Morgan fingerprint density at radius 2 is 1.77 bits per heavy atom. The second kappa shape index (κ2) is 7.84. The second-order valence-corrected chi connectivity index (χ2v) is 5.96. The standard InChI is InChI=1S/C20H21N3O3/c1-14(24)21-15-5-3-6-16(13-15)22-20(25)18-7-4-8-19-17(18)9-10-23(19)11-12-26-2/h3-10,13H,11-12H2,1-2H3,(H,21,24)(H,22,25). The first-order valence-corrected chi connectivity index (χ1v) is 8.34. The van der Waals surface area contributed by atoms with Crippen LogP contribution < -0.4 is 10.6 Å². The number of rotatable bonds is 6. The van der Waals surface area contributed by atoms with Gasteiger partial charge in [-0.3, -0.25) is 9.59 Å². The number of nitrogens with zero attached hydrogens (tertiary/aromatic N) is 1. The summed E-state index contributed by atoms with van der Waals surface area (Å²) in [7, 11) is 1.67. The predicted octanol–water partition coefficient (Wildman–Crippen LogP) is 3.50. The van der Waals surface area contributed by atoms with Gasteiger partial charge in [-0.05, 0) is 36.4 Å². The van der Waals surface area contributed by atoms with Gasteiger partial charge < -0.3 is 19.9 Å². The first kappa shape index (κ1) is 17.7. The van der Waals surface area contributed by atoms with Crippen LogP contribution in [-0.2, 0) is 16.1 Å². The van der Waals surface area contributed by atoms with Crippen molar-refractivity contribution in [3.8, 4) is 0 Å². The second-order valence-electron chi connectivity index (χ2n) is 5.96. The molecule has 2 amide bonds. The Hall–Kier alpha value is -3.12. The molecule has 0 fully saturated rings. The largest absolute Gasteiger partial charge is 0.383 e. The van der Waals surface area contributed by atoms with Crippen molar-refractivity contribution in [2.24, 2.45) is 0 Å². The van der Waals surface area contributed by atoms with E-state index in [0.29, 0.717) is 23.5 Å². The zero-order valence-electron chi connectivity index (χ0n) is 14.8. The van der Waals surface area contributed by atoms with E-state index in [1.807, 2.05) is 24.4 Å². The molecule has 2 N–H and O–H groups in total. The van der Waals surface area contributed by atoms with Crippen LogP contribution in [0.3, 0.4) is 0 Å². The number of methoxy groups -OCH3 is 1. The van der Waals surface area contributed by atoms with Crippen molar-refractivity contribution in [1.29, 1.82) is 0 Å². The molecule has 0 spiro atoms. The first-order valence-electron chi connectivity index (χ1n) is 8.34. The number of hydrogen-bond acceptors (Lipinski definition) is 3. The number of benzene rings is 2. The van der Waals surface area contributed by atoms with Crippen LogP contribution in [0, 0.1) is 0 Å². The van der Waals surface area contributed by atoms with Gasteiger partial charge in [0.15, 0.2) is 0 Å². The van der Waals surface area contributed by atoms with E-state index in [9.17, 15) is 9.59 Å². The number of carbonyl (C=O) groups is 2. The quantitative estimate of drug-likeness (QED) is 0.714. The zero-order valence-corrected chi connectivity index (χ0v) is 14.8. The fourth-order valence-electron chi connectivity index (χ4n) is 2.88. The predicted molar refractivity (Wildman–Crippen MR) is 103 cm³/mol. The van der Waals surface area contributed by atoms with Gasteiger partial charge in [0.05, 0.1) is 6.61 Å². The highest BCUT2D eigenvalue weighted by Crippen LogP contribution is 2.22. The van der Waals surface area contributed by atoms with E-state index >= 15 is 0 Å². The van der Waals surface area contributed by atoms with E-state index in [2.05, 4.69) is 15.2 Å². The molecule has 2 aromatic carbocycles. The maximum Gasteiger partial charge on any atom is 0.256 e. The molecule has 0 aliphatic carbocycles. The molecule has 1 heterocycles. The van der Waals surface area contributed by atoms with Crippen LogP contribution in [0.5, 0.6) is 0 Å². The summed E-state index contributed by atoms with van der Waals surface area (Å²) in [6, 6.07) is 14.7. The fraction of sp³-hybridized carbons (Fsp3) is 0.200. The zero-order chi connectivity index (χ0) is 18.5. The average Bonchev–Trinajstić information content (AvgIpc) is 3.02.